The Morgan fingerprint density at radius 3 is 2.53 bits per heavy atom. The van der Waals surface area contributed by atoms with Crippen molar-refractivity contribution < 1.29 is 23.9 Å². The standard InChI is InChI=1S/C28H35N3O5/c32-25(16-15-22-13-8-18-36-22)30-23(19-20-9-3-1-4-10-20)28(35)31-17-7-14-24(31)26(33)27(34)29-21-11-5-2-6-12-21/h1,3-4,8-10,13,15-16,18,21,23-24,26,33H,2,5-7,11-12,14,17,19H2,(H,29,34)(H,30,32)/t23-,24?,26?/m0/s1. The molecule has 3 atom stereocenters. The van der Waals surface area contributed by atoms with Crippen molar-refractivity contribution in [3.05, 3.63) is 66.1 Å². The molecule has 4 rings (SSSR count). The van der Waals surface area contributed by atoms with Crippen LogP contribution < -0.4 is 10.6 Å². The first-order valence-corrected chi connectivity index (χ1v) is 12.9. The lowest BCUT2D eigenvalue weighted by Gasteiger charge is -2.32. The minimum atomic E-state index is -1.30. The Hall–Kier alpha value is -3.39. The van der Waals surface area contributed by atoms with Crippen LogP contribution in [0.3, 0.4) is 0 Å². The van der Waals surface area contributed by atoms with Crippen molar-refractivity contribution >= 4 is 23.8 Å². The van der Waals surface area contributed by atoms with Crippen LogP contribution >= 0.6 is 0 Å². The Bertz CT molecular complexity index is 1030. The zero-order valence-electron chi connectivity index (χ0n) is 20.5. The molecule has 8 nitrogen and oxygen atoms in total. The van der Waals surface area contributed by atoms with Crippen LogP contribution in [0.4, 0.5) is 0 Å². The number of rotatable bonds is 9. The van der Waals surface area contributed by atoms with Crippen LogP contribution in [0, 0.1) is 0 Å². The van der Waals surface area contributed by atoms with E-state index in [1.807, 2.05) is 30.3 Å². The molecule has 1 aromatic heterocycles. The second-order valence-electron chi connectivity index (χ2n) is 9.63. The number of carbonyl (C=O) groups is 3. The molecule has 2 aromatic rings. The van der Waals surface area contributed by atoms with Crippen molar-refractivity contribution in [3.8, 4) is 0 Å². The van der Waals surface area contributed by atoms with Crippen LogP contribution in [0.15, 0.2) is 59.2 Å². The molecule has 1 aromatic carbocycles. The van der Waals surface area contributed by atoms with Crippen LogP contribution in [0.1, 0.15) is 56.3 Å². The van der Waals surface area contributed by atoms with Gasteiger partial charge in [0, 0.05) is 25.1 Å². The average molecular weight is 494 g/mol. The number of likely N-dealkylation sites (tertiary alicyclic amines) is 1. The molecule has 36 heavy (non-hydrogen) atoms. The molecule has 0 bridgehead atoms. The van der Waals surface area contributed by atoms with E-state index < -0.39 is 30.0 Å². The Morgan fingerprint density at radius 1 is 1.03 bits per heavy atom. The summed E-state index contributed by atoms with van der Waals surface area (Å²) in [6, 6.07) is 11.5. The van der Waals surface area contributed by atoms with E-state index in [9.17, 15) is 19.5 Å². The van der Waals surface area contributed by atoms with E-state index in [2.05, 4.69) is 10.6 Å². The van der Waals surface area contributed by atoms with Gasteiger partial charge in [-0.25, -0.2) is 0 Å². The molecule has 2 unspecified atom stereocenters. The summed E-state index contributed by atoms with van der Waals surface area (Å²) in [5, 5.41) is 16.7. The highest BCUT2D eigenvalue weighted by Gasteiger charge is 2.40. The number of aliphatic hydroxyl groups excluding tert-OH is 1. The fraction of sp³-hybridized carbons (Fsp3) is 0.464. The molecular weight excluding hydrogens is 458 g/mol. The lowest BCUT2D eigenvalue weighted by atomic mass is 9.95. The smallest absolute Gasteiger partial charge is 0.251 e. The molecule has 3 amide bonds. The Kier molecular flexibility index (Phi) is 8.95. The van der Waals surface area contributed by atoms with Gasteiger partial charge in [0.25, 0.3) is 5.91 Å². The topological polar surface area (TPSA) is 112 Å². The number of hydrogen-bond donors (Lipinski definition) is 3. The van der Waals surface area contributed by atoms with Gasteiger partial charge in [-0.3, -0.25) is 14.4 Å². The highest BCUT2D eigenvalue weighted by molar-refractivity contribution is 5.95. The van der Waals surface area contributed by atoms with E-state index in [0.717, 1.165) is 31.2 Å². The van der Waals surface area contributed by atoms with Gasteiger partial charge in [0.1, 0.15) is 11.8 Å². The SMILES string of the molecule is O=C(C=Cc1ccco1)N[C@@H](Cc1ccccc1)C(=O)N1CCCC1C(O)C(=O)NC1CCCCC1. The first-order valence-electron chi connectivity index (χ1n) is 12.9. The van der Waals surface area contributed by atoms with Gasteiger partial charge in [0.2, 0.25) is 11.8 Å². The Labute approximate surface area is 211 Å². The molecule has 1 aliphatic heterocycles. The Morgan fingerprint density at radius 2 is 1.81 bits per heavy atom. The summed E-state index contributed by atoms with van der Waals surface area (Å²) in [7, 11) is 0. The molecule has 192 valence electrons. The minimum Gasteiger partial charge on any atom is -0.465 e. The third-order valence-corrected chi connectivity index (χ3v) is 7.01. The molecule has 1 saturated heterocycles. The van der Waals surface area contributed by atoms with E-state index in [1.54, 1.807) is 17.0 Å². The van der Waals surface area contributed by atoms with Gasteiger partial charge >= 0.3 is 0 Å². The average Bonchev–Trinajstić information content (AvgIpc) is 3.60. The summed E-state index contributed by atoms with van der Waals surface area (Å²) in [6.07, 6.45) is 9.77. The van der Waals surface area contributed by atoms with E-state index in [-0.39, 0.29) is 11.9 Å². The minimum absolute atomic E-state index is 0.0810. The second kappa shape index (κ2) is 12.5. The lowest BCUT2D eigenvalue weighted by molar-refractivity contribution is -0.142. The number of aliphatic hydroxyl groups is 1. The zero-order chi connectivity index (χ0) is 25.3. The van der Waals surface area contributed by atoms with Crippen LogP contribution in [-0.2, 0) is 20.8 Å². The molecule has 0 radical (unpaired) electrons. The summed E-state index contributed by atoms with van der Waals surface area (Å²) >= 11 is 0. The normalized spacial score (nSPS) is 20.2. The number of amides is 3. The summed E-state index contributed by atoms with van der Waals surface area (Å²) < 4.78 is 5.22. The van der Waals surface area contributed by atoms with E-state index in [0.29, 0.717) is 31.6 Å². The maximum Gasteiger partial charge on any atom is 0.251 e. The number of hydrogen-bond acceptors (Lipinski definition) is 5. The number of nitrogens with one attached hydrogen (secondary N) is 2. The van der Waals surface area contributed by atoms with Crippen molar-refractivity contribution in [1.82, 2.24) is 15.5 Å². The first kappa shape index (κ1) is 25.7. The molecule has 1 aliphatic carbocycles. The fourth-order valence-electron chi connectivity index (χ4n) is 5.12. The van der Waals surface area contributed by atoms with Crippen LogP contribution in [0.25, 0.3) is 6.08 Å². The molecule has 2 fully saturated rings. The maximum atomic E-state index is 13.7. The Balaban J connectivity index is 1.45. The van der Waals surface area contributed by atoms with Crippen LogP contribution in [0.5, 0.6) is 0 Å². The predicted octanol–water partition coefficient (Wildman–Crippen LogP) is 2.82. The van der Waals surface area contributed by atoms with Crippen LogP contribution in [-0.4, -0.2) is 58.5 Å². The maximum absolute atomic E-state index is 13.7. The second-order valence-corrected chi connectivity index (χ2v) is 9.63. The predicted molar refractivity (Wildman–Crippen MR) is 136 cm³/mol. The highest BCUT2D eigenvalue weighted by Crippen LogP contribution is 2.24. The monoisotopic (exact) mass is 493 g/mol. The third kappa shape index (κ3) is 6.85. The first-order chi connectivity index (χ1) is 17.5. The van der Waals surface area contributed by atoms with E-state index in [4.69, 9.17) is 4.42 Å². The van der Waals surface area contributed by atoms with Crippen molar-refractivity contribution in [2.24, 2.45) is 0 Å². The molecule has 2 heterocycles. The molecule has 2 aliphatic rings. The van der Waals surface area contributed by atoms with Gasteiger partial charge in [-0.15, -0.1) is 0 Å². The van der Waals surface area contributed by atoms with Crippen molar-refractivity contribution in [3.63, 3.8) is 0 Å². The summed E-state index contributed by atoms with van der Waals surface area (Å²) in [5.41, 5.74) is 0.900. The molecule has 0 spiro atoms. The van der Waals surface area contributed by atoms with Gasteiger partial charge < -0.3 is 25.1 Å². The fourth-order valence-corrected chi connectivity index (χ4v) is 5.12. The summed E-state index contributed by atoms with van der Waals surface area (Å²) in [5.74, 6) is -0.614. The molecule has 8 heteroatoms. The lowest BCUT2D eigenvalue weighted by Crippen LogP contribution is -2.56. The van der Waals surface area contributed by atoms with Crippen molar-refractivity contribution in [2.45, 2.75) is 75.6 Å². The number of nitrogens with zero attached hydrogens (tertiary/aromatic N) is 1. The van der Waals surface area contributed by atoms with Crippen molar-refractivity contribution in [1.29, 1.82) is 0 Å². The molecular formula is C28H35N3O5. The van der Waals surface area contributed by atoms with E-state index >= 15 is 0 Å². The molecule has 3 N–H and O–H groups in total. The zero-order valence-corrected chi connectivity index (χ0v) is 20.5. The number of carbonyl (C=O) groups excluding carboxylic acids is 3. The van der Waals surface area contributed by atoms with Gasteiger partial charge in [0.15, 0.2) is 6.10 Å². The summed E-state index contributed by atoms with van der Waals surface area (Å²) in [4.78, 5) is 40.7. The molecule has 1 saturated carbocycles. The van der Waals surface area contributed by atoms with Gasteiger partial charge in [-0.2, -0.15) is 0 Å². The number of furan rings is 1. The largest absolute Gasteiger partial charge is 0.465 e. The number of benzene rings is 1. The van der Waals surface area contributed by atoms with E-state index in [1.165, 1.54) is 24.8 Å². The van der Waals surface area contributed by atoms with Gasteiger partial charge in [-0.1, -0.05) is 49.6 Å². The third-order valence-electron chi connectivity index (χ3n) is 7.01. The quantitative estimate of drug-likeness (QED) is 0.465. The van der Waals surface area contributed by atoms with Gasteiger partial charge in [-0.05, 0) is 49.5 Å². The van der Waals surface area contributed by atoms with Crippen molar-refractivity contribution in [2.75, 3.05) is 6.54 Å². The van der Waals surface area contributed by atoms with Gasteiger partial charge in [0.05, 0.1) is 12.3 Å². The highest BCUT2D eigenvalue weighted by atomic mass is 16.3. The summed E-state index contributed by atoms with van der Waals surface area (Å²) in [6.45, 7) is 0.431. The van der Waals surface area contributed by atoms with Crippen LogP contribution in [0.2, 0.25) is 0 Å².